The molecule has 1 aliphatic heterocycles. The smallest absolute Gasteiger partial charge is 0.329 e. The van der Waals surface area contributed by atoms with Crippen LogP contribution in [0.1, 0.15) is 42.3 Å². The van der Waals surface area contributed by atoms with Gasteiger partial charge in [-0.3, -0.25) is 9.69 Å². The number of amides is 1. The molecule has 6 heteroatoms. The van der Waals surface area contributed by atoms with Crippen molar-refractivity contribution in [3.63, 3.8) is 0 Å². The Bertz CT molecular complexity index is 1100. The lowest BCUT2D eigenvalue weighted by Crippen LogP contribution is -2.61. The van der Waals surface area contributed by atoms with Gasteiger partial charge < -0.3 is 14.8 Å². The zero-order valence-corrected chi connectivity index (χ0v) is 17.4. The number of esters is 1. The number of nitrogens with one attached hydrogen (secondary N) is 1. The third kappa shape index (κ3) is 3.17. The lowest BCUT2D eigenvalue weighted by molar-refractivity contribution is -0.154. The second-order valence-corrected chi connectivity index (χ2v) is 8.18. The predicted octanol–water partition coefficient (Wildman–Crippen LogP) is 3.39. The largest absolute Gasteiger partial charge is 0.464 e. The van der Waals surface area contributed by atoms with E-state index in [1.165, 1.54) is 4.90 Å². The van der Waals surface area contributed by atoms with E-state index in [0.717, 1.165) is 22.0 Å². The summed E-state index contributed by atoms with van der Waals surface area (Å²) in [6, 6.07) is 14.1. The maximum absolute atomic E-state index is 13.4. The summed E-state index contributed by atoms with van der Waals surface area (Å²) in [4.78, 5) is 30.9. The van der Waals surface area contributed by atoms with Gasteiger partial charge in [-0.05, 0) is 30.2 Å². The molecule has 0 fully saturated rings. The van der Waals surface area contributed by atoms with Crippen LogP contribution in [0.3, 0.4) is 0 Å². The third-order valence-corrected chi connectivity index (χ3v) is 5.98. The number of H-pyrrole nitrogens is 1. The van der Waals surface area contributed by atoms with Crippen LogP contribution in [0, 0.1) is 0 Å². The van der Waals surface area contributed by atoms with E-state index in [1.54, 1.807) is 19.1 Å². The molecule has 2 unspecified atom stereocenters. The van der Waals surface area contributed by atoms with Crippen molar-refractivity contribution in [1.29, 1.82) is 0 Å². The van der Waals surface area contributed by atoms with Gasteiger partial charge in [0, 0.05) is 34.5 Å². The lowest BCUT2D eigenvalue weighted by atomic mass is 9.75. The summed E-state index contributed by atoms with van der Waals surface area (Å²) in [5.41, 5.74) is 2.37. The van der Waals surface area contributed by atoms with Gasteiger partial charge in [0.05, 0.1) is 6.61 Å². The number of rotatable bonds is 5. The molecule has 4 rings (SSSR count). The van der Waals surface area contributed by atoms with Gasteiger partial charge >= 0.3 is 5.97 Å². The first kappa shape index (κ1) is 20.2. The van der Waals surface area contributed by atoms with E-state index < -0.39 is 23.7 Å². The predicted molar refractivity (Wildman–Crippen MR) is 114 cm³/mol. The third-order valence-electron chi connectivity index (χ3n) is 5.98. The average molecular weight is 406 g/mol. The molecule has 1 amide bonds. The van der Waals surface area contributed by atoms with E-state index in [4.69, 9.17) is 4.74 Å². The molecule has 3 aromatic rings. The Labute approximate surface area is 175 Å². The van der Waals surface area contributed by atoms with Gasteiger partial charge in [-0.15, -0.1) is 0 Å². The number of hydrogen-bond acceptors (Lipinski definition) is 4. The number of carbonyl (C=O) groups excluding carboxylic acids is 2. The monoisotopic (exact) mass is 406 g/mol. The zero-order chi connectivity index (χ0) is 21.5. The molecule has 0 bridgehead atoms. The number of ether oxygens (including phenoxy) is 1. The summed E-state index contributed by atoms with van der Waals surface area (Å²) in [7, 11) is 0. The quantitative estimate of drug-likeness (QED) is 0.637. The Morgan fingerprint density at radius 2 is 1.90 bits per heavy atom. The number of aromatic amines is 1. The van der Waals surface area contributed by atoms with Crippen molar-refractivity contribution >= 4 is 22.8 Å². The maximum atomic E-state index is 13.4. The normalized spacial score (nSPS) is 18.9. The minimum atomic E-state index is -1.17. The number of carbonyl (C=O) groups is 2. The number of hydrogen-bond donors (Lipinski definition) is 2. The van der Waals surface area contributed by atoms with Gasteiger partial charge in [-0.25, -0.2) is 4.79 Å². The SMILES string of the molecule is CCOC(=O)C(Cc1c[nH]c2ccccc12)N1C(=O)c2ccccc2C(C)(C)C1O. The first-order valence-electron chi connectivity index (χ1n) is 10.2. The summed E-state index contributed by atoms with van der Waals surface area (Å²) in [5.74, 6) is -0.888. The van der Waals surface area contributed by atoms with Crippen LogP contribution in [0.5, 0.6) is 0 Å². The summed E-state index contributed by atoms with van der Waals surface area (Å²) >= 11 is 0. The number of para-hydroxylation sites is 1. The van der Waals surface area contributed by atoms with Gasteiger partial charge in [0.15, 0.2) is 0 Å². The summed E-state index contributed by atoms with van der Waals surface area (Å²) in [6.07, 6.45) is 0.917. The molecular formula is C24H26N2O4. The van der Waals surface area contributed by atoms with Gasteiger partial charge in [0.1, 0.15) is 12.3 Å². The Morgan fingerprint density at radius 3 is 2.67 bits per heavy atom. The second kappa shape index (κ2) is 7.61. The average Bonchev–Trinajstić information content (AvgIpc) is 3.15. The summed E-state index contributed by atoms with van der Waals surface area (Å²) < 4.78 is 5.32. The molecule has 0 saturated carbocycles. The Morgan fingerprint density at radius 1 is 1.20 bits per heavy atom. The van der Waals surface area contributed by atoms with Gasteiger partial charge in [0.2, 0.25) is 0 Å². The minimum Gasteiger partial charge on any atom is -0.464 e. The maximum Gasteiger partial charge on any atom is 0.329 e. The van der Waals surface area contributed by atoms with Crippen LogP contribution in [0.15, 0.2) is 54.7 Å². The van der Waals surface area contributed by atoms with Crippen LogP contribution >= 0.6 is 0 Å². The molecule has 30 heavy (non-hydrogen) atoms. The number of nitrogens with zero attached hydrogens (tertiary/aromatic N) is 1. The molecule has 1 aromatic heterocycles. The van der Waals surface area contributed by atoms with E-state index in [0.29, 0.717) is 5.56 Å². The highest BCUT2D eigenvalue weighted by atomic mass is 16.5. The van der Waals surface area contributed by atoms with Crippen molar-refractivity contribution in [2.75, 3.05) is 6.61 Å². The number of fused-ring (bicyclic) bond motifs is 2. The number of aliphatic hydroxyl groups excluding tert-OH is 1. The summed E-state index contributed by atoms with van der Waals surface area (Å²) in [6.45, 7) is 5.68. The number of aliphatic hydroxyl groups is 1. The van der Waals surface area contributed by atoms with E-state index in [1.807, 2.05) is 56.4 Å². The molecule has 0 aliphatic carbocycles. The highest BCUT2D eigenvalue weighted by molar-refractivity contribution is 6.00. The Hall–Kier alpha value is -3.12. The standard InChI is InChI=1S/C24H26N2O4/c1-4-30-22(28)20(13-15-14-25-19-12-8-6-9-16(15)19)26-21(27)17-10-5-7-11-18(17)24(2,3)23(26)29/h5-12,14,20,23,25,29H,4,13H2,1-3H3. The van der Waals surface area contributed by atoms with E-state index >= 15 is 0 Å². The molecular weight excluding hydrogens is 380 g/mol. The summed E-state index contributed by atoms with van der Waals surface area (Å²) in [5, 5.41) is 12.2. The first-order chi connectivity index (χ1) is 14.4. The van der Waals surface area contributed by atoms with Crippen LogP contribution in [0.25, 0.3) is 10.9 Å². The van der Waals surface area contributed by atoms with Crippen molar-refractivity contribution in [3.05, 3.63) is 71.4 Å². The molecule has 1 aliphatic rings. The Kier molecular flexibility index (Phi) is 5.12. The molecule has 2 aromatic carbocycles. The van der Waals surface area contributed by atoms with Gasteiger partial charge in [-0.2, -0.15) is 0 Å². The van der Waals surface area contributed by atoms with Crippen LogP contribution in [-0.2, 0) is 21.4 Å². The lowest BCUT2D eigenvalue weighted by Gasteiger charge is -2.46. The van der Waals surface area contributed by atoms with Crippen molar-refractivity contribution in [2.45, 2.75) is 44.9 Å². The van der Waals surface area contributed by atoms with Crippen molar-refractivity contribution in [3.8, 4) is 0 Å². The van der Waals surface area contributed by atoms with E-state index in [9.17, 15) is 14.7 Å². The molecule has 6 nitrogen and oxygen atoms in total. The fourth-order valence-corrected chi connectivity index (χ4v) is 4.32. The van der Waals surface area contributed by atoms with Crippen molar-refractivity contribution in [2.24, 2.45) is 0 Å². The second-order valence-electron chi connectivity index (χ2n) is 8.18. The zero-order valence-electron chi connectivity index (χ0n) is 17.4. The molecule has 156 valence electrons. The van der Waals surface area contributed by atoms with Gasteiger partial charge in [0.25, 0.3) is 5.91 Å². The number of benzene rings is 2. The van der Waals surface area contributed by atoms with Crippen LogP contribution in [-0.4, -0.2) is 45.7 Å². The van der Waals surface area contributed by atoms with Crippen molar-refractivity contribution < 1.29 is 19.4 Å². The van der Waals surface area contributed by atoms with Crippen molar-refractivity contribution in [1.82, 2.24) is 9.88 Å². The number of aromatic nitrogens is 1. The van der Waals surface area contributed by atoms with Crippen LogP contribution in [0.4, 0.5) is 0 Å². The first-order valence-corrected chi connectivity index (χ1v) is 10.2. The molecule has 0 saturated heterocycles. The Balaban J connectivity index is 1.79. The molecule has 2 atom stereocenters. The van der Waals surface area contributed by atoms with E-state index in [2.05, 4.69) is 4.98 Å². The van der Waals surface area contributed by atoms with Crippen LogP contribution in [0.2, 0.25) is 0 Å². The fraction of sp³-hybridized carbons (Fsp3) is 0.333. The molecule has 0 radical (unpaired) electrons. The highest BCUT2D eigenvalue weighted by Gasteiger charge is 2.48. The molecule has 2 heterocycles. The molecule has 2 N–H and O–H groups in total. The van der Waals surface area contributed by atoms with Crippen LogP contribution < -0.4 is 0 Å². The van der Waals surface area contributed by atoms with Gasteiger partial charge in [-0.1, -0.05) is 50.2 Å². The highest BCUT2D eigenvalue weighted by Crippen LogP contribution is 2.39. The fourth-order valence-electron chi connectivity index (χ4n) is 4.32. The van der Waals surface area contributed by atoms with E-state index in [-0.39, 0.29) is 18.9 Å². The minimum absolute atomic E-state index is 0.196. The molecule has 0 spiro atoms. The topological polar surface area (TPSA) is 82.6 Å².